The van der Waals surface area contributed by atoms with Crippen LogP contribution in [0.1, 0.15) is 44.1 Å². The van der Waals surface area contributed by atoms with Gasteiger partial charge < -0.3 is 5.32 Å². The molecule has 1 aromatic heterocycles. The van der Waals surface area contributed by atoms with E-state index < -0.39 is 0 Å². The van der Waals surface area contributed by atoms with E-state index >= 15 is 0 Å². The molecule has 4 saturated carbocycles. The molecule has 5 heteroatoms. The number of rotatable bonds is 5. The number of hydrogen-bond donors (Lipinski definition) is 1. The van der Waals surface area contributed by atoms with E-state index in [1.165, 1.54) is 31.4 Å². The molecule has 0 aliphatic heterocycles. The van der Waals surface area contributed by atoms with E-state index in [9.17, 15) is 9.18 Å². The highest BCUT2D eigenvalue weighted by atomic mass is 19.1. The van der Waals surface area contributed by atoms with Gasteiger partial charge in [0.2, 0.25) is 5.91 Å². The summed E-state index contributed by atoms with van der Waals surface area (Å²) in [6.45, 7) is 0. The number of halogens is 1. The quantitative estimate of drug-likeness (QED) is 0.511. The Morgan fingerprint density at radius 3 is 2.24 bits per heavy atom. The Morgan fingerprint density at radius 2 is 1.61 bits per heavy atom. The van der Waals surface area contributed by atoms with Crippen molar-refractivity contribution >= 4 is 12.0 Å². The van der Waals surface area contributed by atoms with Crippen molar-refractivity contribution in [2.45, 2.75) is 44.1 Å². The standard InChI is InChI=1S/C28H28FN3O/c29-24-9-6-22(7-10-24)27-23(18-32(31-27)25-4-2-1-3-5-25)8-11-26(33)30-28-15-19-12-20(16-28)14-21(13-19)17-28/h1-11,18-21H,12-17H2,(H,30,33). The first-order valence-electron chi connectivity index (χ1n) is 12.0. The second-order valence-electron chi connectivity index (χ2n) is 10.2. The molecule has 0 spiro atoms. The van der Waals surface area contributed by atoms with Crippen LogP contribution in [0, 0.1) is 23.6 Å². The Labute approximate surface area is 193 Å². The first-order chi connectivity index (χ1) is 16.1. The molecule has 7 rings (SSSR count). The van der Waals surface area contributed by atoms with Crippen molar-refractivity contribution < 1.29 is 9.18 Å². The molecule has 33 heavy (non-hydrogen) atoms. The minimum atomic E-state index is -0.284. The number of aromatic nitrogens is 2. The lowest BCUT2D eigenvalue weighted by Gasteiger charge is -2.56. The fraction of sp³-hybridized carbons (Fsp3) is 0.357. The third kappa shape index (κ3) is 4.01. The van der Waals surface area contributed by atoms with Crippen molar-refractivity contribution in [3.8, 4) is 16.9 Å². The summed E-state index contributed by atoms with van der Waals surface area (Å²) in [5, 5.41) is 8.15. The van der Waals surface area contributed by atoms with Crippen LogP contribution in [0.2, 0.25) is 0 Å². The second kappa shape index (κ2) is 7.98. The van der Waals surface area contributed by atoms with Gasteiger partial charge in [0.25, 0.3) is 0 Å². The smallest absolute Gasteiger partial charge is 0.244 e. The molecule has 4 nitrogen and oxygen atoms in total. The van der Waals surface area contributed by atoms with E-state index in [4.69, 9.17) is 5.10 Å². The minimum absolute atomic E-state index is 0.00974. The first kappa shape index (κ1) is 20.4. The molecule has 168 valence electrons. The minimum Gasteiger partial charge on any atom is -0.347 e. The third-order valence-electron chi connectivity index (χ3n) is 7.72. The number of nitrogens with zero attached hydrogens (tertiary/aromatic N) is 2. The maximum Gasteiger partial charge on any atom is 0.244 e. The lowest BCUT2D eigenvalue weighted by Crippen LogP contribution is -2.59. The molecule has 4 fully saturated rings. The lowest BCUT2D eigenvalue weighted by atomic mass is 9.53. The molecule has 1 amide bonds. The van der Waals surface area contributed by atoms with Crippen LogP contribution >= 0.6 is 0 Å². The third-order valence-corrected chi connectivity index (χ3v) is 7.72. The van der Waals surface area contributed by atoms with Crippen molar-refractivity contribution in [3.63, 3.8) is 0 Å². The number of carbonyl (C=O) groups excluding carboxylic acids is 1. The molecule has 4 bridgehead atoms. The number of para-hydroxylation sites is 1. The van der Waals surface area contributed by atoms with Crippen LogP contribution < -0.4 is 5.32 Å². The van der Waals surface area contributed by atoms with Gasteiger partial charge >= 0.3 is 0 Å². The average molecular weight is 442 g/mol. The van der Waals surface area contributed by atoms with Crippen molar-refractivity contribution in [3.05, 3.63) is 78.3 Å². The second-order valence-corrected chi connectivity index (χ2v) is 10.2. The SMILES string of the molecule is O=C(C=Cc1cn(-c2ccccc2)nc1-c1ccc(F)cc1)NC12CC3CC(CC(C3)C1)C2. The molecular formula is C28H28FN3O. The van der Waals surface area contributed by atoms with E-state index in [1.54, 1.807) is 22.9 Å². The number of benzene rings is 2. The number of carbonyl (C=O) groups is 1. The van der Waals surface area contributed by atoms with Gasteiger partial charge in [0.1, 0.15) is 5.82 Å². The van der Waals surface area contributed by atoms with E-state index in [0.717, 1.165) is 59.5 Å². The van der Waals surface area contributed by atoms with Crippen LogP contribution in [-0.4, -0.2) is 21.2 Å². The van der Waals surface area contributed by atoms with Crippen molar-refractivity contribution in [1.82, 2.24) is 15.1 Å². The van der Waals surface area contributed by atoms with Gasteiger partial charge in [-0.1, -0.05) is 18.2 Å². The number of nitrogens with one attached hydrogen (secondary N) is 1. The maximum absolute atomic E-state index is 13.5. The fourth-order valence-corrected chi connectivity index (χ4v) is 6.79. The highest BCUT2D eigenvalue weighted by Crippen LogP contribution is 2.55. The summed E-state index contributed by atoms with van der Waals surface area (Å²) < 4.78 is 15.3. The molecule has 0 saturated heterocycles. The number of hydrogen-bond acceptors (Lipinski definition) is 2. The van der Waals surface area contributed by atoms with Gasteiger partial charge in [-0.3, -0.25) is 4.79 Å². The van der Waals surface area contributed by atoms with Gasteiger partial charge in [0.15, 0.2) is 0 Å². The molecule has 2 aromatic carbocycles. The van der Waals surface area contributed by atoms with E-state index in [0.29, 0.717) is 0 Å². The van der Waals surface area contributed by atoms with E-state index in [1.807, 2.05) is 42.6 Å². The first-order valence-corrected chi connectivity index (χ1v) is 12.0. The highest BCUT2D eigenvalue weighted by Gasteiger charge is 2.51. The predicted molar refractivity (Wildman–Crippen MR) is 127 cm³/mol. The zero-order valence-electron chi connectivity index (χ0n) is 18.6. The van der Waals surface area contributed by atoms with Crippen molar-refractivity contribution in [2.24, 2.45) is 17.8 Å². The normalized spacial score (nSPS) is 27.8. The molecule has 1 N–H and O–H groups in total. The Balaban J connectivity index is 1.27. The van der Waals surface area contributed by atoms with E-state index in [-0.39, 0.29) is 17.3 Å². The number of amides is 1. The van der Waals surface area contributed by atoms with Crippen LogP contribution in [0.5, 0.6) is 0 Å². The molecule has 0 atom stereocenters. The van der Waals surface area contributed by atoms with Crippen molar-refractivity contribution in [1.29, 1.82) is 0 Å². The van der Waals surface area contributed by atoms with E-state index in [2.05, 4.69) is 5.32 Å². The van der Waals surface area contributed by atoms with Gasteiger partial charge in [0.05, 0.1) is 11.4 Å². The van der Waals surface area contributed by atoms with Crippen LogP contribution in [0.15, 0.2) is 66.9 Å². The van der Waals surface area contributed by atoms with Crippen LogP contribution in [0.4, 0.5) is 4.39 Å². The van der Waals surface area contributed by atoms with Gasteiger partial charge in [-0.15, -0.1) is 0 Å². The summed E-state index contributed by atoms with van der Waals surface area (Å²) in [4.78, 5) is 13.0. The fourth-order valence-electron chi connectivity index (χ4n) is 6.79. The summed E-state index contributed by atoms with van der Waals surface area (Å²) >= 11 is 0. The highest BCUT2D eigenvalue weighted by molar-refractivity contribution is 5.93. The maximum atomic E-state index is 13.5. The molecule has 4 aliphatic carbocycles. The summed E-state index contributed by atoms with van der Waals surface area (Å²) in [7, 11) is 0. The summed E-state index contributed by atoms with van der Waals surface area (Å²) in [5.41, 5.74) is 3.28. The average Bonchev–Trinajstić information content (AvgIpc) is 3.22. The largest absolute Gasteiger partial charge is 0.347 e. The molecule has 1 heterocycles. The molecule has 0 radical (unpaired) electrons. The Morgan fingerprint density at radius 1 is 0.970 bits per heavy atom. The van der Waals surface area contributed by atoms with Gasteiger partial charge in [0, 0.05) is 28.9 Å². The van der Waals surface area contributed by atoms with Gasteiger partial charge in [-0.25, -0.2) is 9.07 Å². The molecular weight excluding hydrogens is 413 g/mol. The Hall–Kier alpha value is -3.21. The van der Waals surface area contributed by atoms with Crippen LogP contribution in [0.25, 0.3) is 23.0 Å². The van der Waals surface area contributed by atoms with Crippen LogP contribution in [-0.2, 0) is 4.79 Å². The zero-order chi connectivity index (χ0) is 22.4. The molecule has 3 aromatic rings. The monoisotopic (exact) mass is 441 g/mol. The Kier molecular flexibility index (Phi) is 4.93. The van der Waals surface area contributed by atoms with Crippen LogP contribution in [0.3, 0.4) is 0 Å². The molecule has 0 unspecified atom stereocenters. The lowest BCUT2D eigenvalue weighted by molar-refractivity contribution is -0.122. The van der Waals surface area contributed by atoms with Gasteiger partial charge in [-0.2, -0.15) is 5.10 Å². The summed E-state index contributed by atoms with van der Waals surface area (Å²) in [6, 6.07) is 16.2. The molecule has 4 aliphatic rings. The topological polar surface area (TPSA) is 46.9 Å². The summed E-state index contributed by atoms with van der Waals surface area (Å²) in [5.74, 6) is 2.04. The zero-order valence-corrected chi connectivity index (χ0v) is 18.6. The summed E-state index contributed by atoms with van der Waals surface area (Å²) in [6.07, 6.45) is 12.8. The van der Waals surface area contributed by atoms with Crippen molar-refractivity contribution in [2.75, 3.05) is 0 Å². The Bertz CT molecular complexity index is 1160. The van der Waals surface area contributed by atoms with Gasteiger partial charge in [-0.05, 0) is 98.8 Å². The predicted octanol–water partition coefficient (Wildman–Crippen LogP) is 5.78.